The monoisotopic (exact) mass is 247 g/mol. The molecule has 0 rings (SSSR count). The second-order valence-electron chi connectivity index (χ2n) is 3.77. The number of imide groups is 1. The topological polar surface area (TPSA) is 127 Å². The lowest BCUT2D eigenvalue weighted by atomic mass is 10.0. The summed E-state index contributed by atoms with van der Waals surface area (Å²) < 4.78 is 0. The Balaban J connectivity index is 4.50. The first-order chi connectivity index (χ1) is 7.68. The first kappa shape index (κ1) is 15.7. The molecule has 0 bridgehead atoms. The van der Waals surface area contributed by atoms with Gasteiger partial charge in [0.1, 0.15) is 12.2 Å². The first-order valence-corrected chi connectivity index (χ1v) is 4.91. The van der Waals surface area contributed by atoms with E-state index in [1.54, 1.807) is 5.32 Å². The number of hydrogen-bond acceptors (Lipinski definition) is 6. The predicted octanol–water partition coefficient (Wildman–Crippen LogP) is -2.33. The van der Waals surface area contributed by atoms with Crippen LogP contribution >= 0.6 is 0 Å². The summed E-state index contributed by atoms with van der Waals surface area (Å²) in [6.45, 7) is 5.81. The zero-order valence-electron chi connectivity index (χ0n) is 9.62. The second-order valence-corrected chi connectivity index (χ2v) is 3.77. The third-order valence-corrected chi connectivity index (χ3v) is 2.06. The summed E-state index contributed by atoms with van der Waals surface area (Å²) in [6.07, 6.45) is -6.95. The second kappa shape index (κ2) is 6.45. The minimum Gasteiger partial charge on any atom is -0.391 e. The highest BCUT2D eigenvalue weighted by Crippen LogP contribution is 2.05. The normalized spacial score (nSPS) is 17.8. The molecule has 0 aliphatic heterocycles. The minimum atomic E-state index is -2.03. The summed E-state index contributed by atoms with van der Waals surface area (Å²) >= 11 is 0. The van der Waals surface area contributed by atoms with Crippen LogP contribution < -0.4 is 5.32 Å². The van der Waals surface area contributed by atoms with Crippen LogP contribution in [0.3, 0.4) is 0 Å². The Morgan fingerprint density at radius 1 is 1.12 bits per heavy atom. The number of nitrogens with one attached hydrogen (secondary N) is 1. The van der Waals surface area contributed by atoms with Crippen LogP contribution in [0.5, 0.6) is 0 Å². The van der Waals surface area contributed by atoms with Crippen molar-refractivity contribution in [1.29, 1.82) is 0 Å². The molecular weight excluding hydrogens is 230 g/mol. The minimum absolute atomic E-state index is 0.0520. The van der Waals surface area contributed by atoms with Crippen molar-refractivity contribution in [3.8, 4) is 0 Å². The van der Waals surface area contributed by atoms with Crippen molar-refractivity contribution in [2.24, 2.45) is 0 Å². The van der Waals surface area contributed by atoms with E-state index in [4.69, 9.17) is 5.11 Å². The maximum absolute atomic E-state index is 11.3. The molecule has 0 aromatic carbocycles. The van der Waals surface area contributed by atoms with E-state index in [1.807, 2.05) is 0 Å². The van der Waals surface area contributed by atoms with Crippen LogP contribution in [-0.2, 0) is 9.59 Å². The third-order valence-electron chi connectivity index (χ3n) is 2.06. The molecule has 17 heavy (non-hydrogen) atoms. The highest BCUT2D eigenvalue weighted by atomic mass is 16.4. The van der Waals surface area contributed by atoms with Gasteiger partial charge in [0.15, 0.2) is 6.10 Å². The van der Waals surface area contributed by atoms with Crippen LogP contribution in [-0.4, -0.2) is 56.7 Å². The Hall–Kier alpha value is -1.28. The number of hydrogen-bond donors (Lipinski definition) is 5. The SMILES string of the molecule is C=C(C)C(=O)NC(=O)[C@H](O)[C@@H](O)[C@H](O)[C@@H](C)O. The molecule has 0 spiro atoms. The molecular formula is C10H17NO6. The summed E-state index contributed by atoms with van der Waals surface area (Å²) in [5.74, 6) is -1.97. The van der Waals surface area contributed by atoms with Crippen molar-refractivity contribution in [1.82, 2.24) is 5.32 Å². The molecule has 7 nitrogen and oxygen atoms in total. The summed E-state index contributed by atoms with van der Waals surface area (Å²) in [4.78, 5) is 22.3. The van der Waals surface area contributed by atoms with E-state index in [-0.39, 0.29) is 5.57 Å². The van der Waals surface area contributed by atoms with E-state index in [9.17, 15) is 24.9 Å². The number of aliphatic hydroxyl groups excluding tert-OH is 4. The zero-order valence-corrected chi connectivity index (χ0v) is 9.62. The van der Waals surface area contributed by atoms with Gasteiger partial charge in [0.05, 0.1) is 6.10 Å². The number of aliphatic hydroxyl groups is 4. The van der Waals surface area contributed by atoms with Gasteiger partial charge in [-0.3, -0.25) is 14.9 Å². The van der Waals surface area contributed by atoms with E-state index < -0.39 is 36.2 Å². The van der Waals surface area contributed by atoms with Gasteiger partial charge >= 0.3 is 0 Å². The molecule has 2 amide bonds. The van der Waals surface area contributed by atoms with Gasteiger partial charge in [-0.1, -0.05) is 6.58 Å². The standard InChI is InChI=1S/C10H17NO6/c1-4(2)9(16)11-10(17)8(15)7(14)6(13)5(3)12/h5-8,12-15H,1H2,2-3H3,(H,11,16,17)/t5-,6-,7+,8-/m1/s1. The van der Waals surface area contributed by atoms with Crippen LogP contribution in [0.15, 0.2) is 12.2 Å². The Kier molecular flexibility index (Phi) is 5.97. The van der Waals surface area contributed by atoms with Gasteiger partial charge in [-0.2, -0.15) is 0 Å². The van der Waals surface area contributed by atoms with Crippen molar-refractivity contribution in [3.63, 3.8) is 0 Å². The van der Waals surface area contributed by atoms with Crippen LogP contribution in [0.4, 0.5) is 0 Å². The van der Waals surface area contributed by atoms with E-state index in [1.165, 1.54) is 13.8 Å². The average molecular weight is 247 g/mol. The quantitative estimate of drug-likeness (QED) is 0.347. The van der Waals surface area contributed by atoms with Crippen LogP contribution in [0.1, 0.15) is 13.8 Å². The lowest BCUT2D eigenvalue weighted by molar-refractivity contribution is -0.148. The molecule has 98 valence electrons. The highest BCUT2D eigenvalue weighted by Gasteiger charge is 2.33. The van der Waals surface area contributed by atoms with Crippen LogP contribution in [0, 0.1) is 0 Å². The van der Waals surface area contributed by atoms with Gasteiger partial charge in [0, 0.05) is 5.57 Å². The van der Waals surface area contributed by atoms with E-state index in [0.717, 1.165) is 0 Å². The Morgan fingerprint density at radius 2 is 1.59 bits per heavy atom. The van der Waals surface area contributed by atoms with Gasteiger partial charge in [-0.25, -0.2) is 0 Å². The molecule has 0 unspecified atom stereocenters. The molecule has 4 atom stereocenters. The van der Waals surface area contributed by atoms with Gasteiger partial charge < -0.3 is 20.4 Å². The number of rotatable bonds is 5. The molecule has 0 heterocycles. The largest absolute Gasteiger partial charge is 0.391 e. The fraction of sp³-hybridized carbons (Fsp3) is 0.600. The first-order valence-electron chi connectivity index (χ1n) is 4.91. The van der Waals surface area contributed by atoms with E-state index in [0.29, 0.717) is 0 Å². The van der Waals surface area contributed by atoms with E-state index >= 15 is 0 Å². The fourth-order valence-corrected chi connectivity index (χ4v) is 0.920. The Bertz CT molecular complexity index is 314. The lowest BCUT2D eigenvalue weighted by Crippen LogP contribution is -2.51. The number of carbonyl (C=O) groups is 2. The zero-order chi connectivity index (χ0) is 13.7. The maximum atomic E-state index is 11.3. The molecule has 0 saturated carbocycles. The summed E-state index contributed by atoms with van der Waals surface area (Å²) in [5, 5.41) is 38.6. The highest BCUT2D eigenvalue weighted by molar-refractivity contribution is 6.04. The molecule has 0 aromatic heterocycles. The molecule has 0 aliphatic carbocycles. The molecule has 5 N–H and O–H groups in total. The van der Waals surface area contributed by atoms with Gasteiger partial charge in [-0.15, -0.1) is 0 Å². The van der Waals surface area contributed by atoms with Crippen molar-refractivity contribution in [2.45, 2.75) is 38.3 Å². The maximum Gasteiger partial charge on any atom is 0.258 e. The number of carbonyl (C=O) groups excluding carboxylic acids is 2. The lowest BCUT2D eigenvalue weighted by Gasteiger charge is -2.23. The number of amides is 2. The Labute approximate surface area is 98.4 Å². The van der Waals surface area contributed by atoms with Crippen molar-refractivity contribution in [3.05, 3.63) is 12.2 Å². The summed E-state index contributed by atoms with van der Waals surface area (Å²) in [7, 11) is 0. The van der Waals surface area contributed by atoms with Gasteiger partial charge in [0.2, 0.25) is 0 Å². The molecule has 0 saturated heterocycles. The predicted molar refractivity (Wildman–Crippen MR) is 57.7 cm³/mol. The molecule has 7 heteroatoms. The molecule has 0 radical (unpaired) electrons. The summed E-state index contributed by atoms with van der Waals surface area (Å²) in [6, 6.07) is 0. The summed E-state index contributed by atoms with van der Waals surface area (Å²) in [5.41, 5.74) is 0.0520. The van der Waals surface area contributed by atoms with Crippen LogP contribution in [0.2, 0.25) is 0 Å². The van der Waals surface area contributed by atoms with Gasteiger partial charge in [-0.05, 0) is 13.8 Å². The molecule has 0 aliphatic rings. The van der Waals surface area contributed by atoms with Crippen molar-refractivity contribution in [2.75, 3.05) is 0 Å². The van der Waals surface area contributed by atoms with Gasteiger partial charge in [0.25, 0.3) is 11.8 Å². The fourth-order valence-electron chi connectivity index (χ4n) is 0.920. The third kappa shape index (κ3) is 4.61. The van der Waals surface area contributed by atoms with E-state index in [2.05, 4.69) is 6.58 Å². The molecule has 0 aromatic rings. The Morgan fingerprint density at radius 3 is 1.94 bits per heavy atom. The average Bonchev–Trinajstić information content (AvgIpc) is 2.25. The molecule has 0 fully saturated rings. The van der Waals surface area contributed by atoms with Crippen molar-refractivity contribution < 1.29 is 30.0 Å². The van der Waals surface area contributed by atoms with Crippen LogP contribution in [0.25, 0.3) is 0 Å². The van der Waals surface area contributed by atoms with Crippen molar-refractivity contribution >= 4 is 11.8 Å². The smallest absolute Gasteiger partial charge is 0.258 e.